The topological polar surface area (TPSA) is 28.0 Å². The number of fused-ring (bicyclic) bond motifs is 5. The standard InChI is InChI=1S/C13H15N3/c1-2-4-11(5-3-1)16-13-10-7-6-9(8-10)12(13)14-15-16/h1-5,9-10,12-13H,6-8H2/t9-,10-,12-,13+/m0/s1. The molecule has 0 saturated heterocycles. The molecule has 0 radical (unpaired) electrons. The molecule has 1 aromatic carbocycles. The van der Waals surface area contributed by atoms with E-state index in [0.717, 1.165) is 11.8 Å². The largest absolute Gasteiger partial charge is 0.242 e. The number of anilines is 1. The third-order valence-electron chi connectivity index (χ3n) is 4.41. The Balaban J connectivity index is 1.70. The zero-order valence-electron chi connectivity index (χ0n) is 9.16. The van der Waals surface area contributed by atoms with E-state index in [2.05, 4.69) is 45.7 Å². The van der Waals surface area contributed by atoms with Crippen LogP contribution >= 0.6 is 0 Å². The minimum Gasteiger partial charge on any atom is -0.242 e. The number of hydrogen-bond acceptors (Lipinski definition) is 3. The fraction of sp³-hybridized carbons (Fsp3) is 0.538. The predicted molar refractivity (Wildman–Crippen MR) is 62.2 cm³/mol. The van der Waals surface area contributed by atoms with Gasteiger partial charge in [-0.15, -0.1) is 0 Å². The summed E-state index contributed by atoms with van der Waals surface area (Å²) in [6, 6.07) is 11.5. The van der Waals surface area contributed by atoms with E-state index in [0.29, 0.717) is 12.1 Å². The van der Waals surface area contributed by atoms with Gasteiger partial charge in [0.15, 0.2) is 0 Å². The Kier molecular flexibility index (Phi) is 1.67. The quantitative estimate of drug-likeness (QED) is 0.704. The molecule has 2 fully saturated rings. The first kappa shape index (κ1) is 8.74. The Bertz CT molecular complexity index is 428. The van der Waals surface area contributed by atoms with Crippen LogP contribution in [0.5, 0.6) is 0 Å². The Labute approximate surface area is 95.1 Å². The average Bonchev–Trinajstić information content (AvgIpc) is 3.03. The molecule has 3 nitrogen and oxygen atoms in total. The third kappa shape index (κ3) is 1.03. The lowest BCUT2D eigenvalue weighted by Gasteiger charge is -2.28. The number of para-hydroxylation sites is 1. The molecule has 3 aliphatic rings. The second-order valence-corrected chi connectivity index (χ2v) is 5.20. The summed E-state index contributed by atoms with van der Waals surface area (Å²) in [5.41, 5.74) is 1.20. The molecule has 4 atom stereocenters. The average molecular weight is 213 g/mol. The summed E-state index contributed by atoms with van der Waals surface area (Å²) in [6.45, 7) is 0. The van der Waals surface area contributed by atoms with Gasteiger partial charge < -0.3 is 0 Å². The second kappa shape index (κ2) is 3.06. The molecular weight excluding hydrogens is 198 g/mol. The van der Waals surface area contributed by atoms with Crippen molar-refractivity contribution in [2.45, 2.75) is 31.3 Å². The van der Waals surface area contributed by atoms with Crippen molar-refractivity contribution in [3.05, 3.63) is 30.3 Å². The number of benzene rings is 1. The summed E-state index contributed by atoms with van der Waals surface area (Å²) < 4.78 is 0. The normalized spacial score (nSPS) is 39.4. The first-order valence-electron chi connectivity index (χ1n) is 6.18. The fourth-order valence-corrected chi connectivity index (χ4v) is 3.72. The third-order valence-corrected chi connectivity index (χ3v) is 4.41. The zero-order chi connectivity index (χ0) is 10.5. The highest BCUT2D eigenvalue weighted by molar-refractivity contribution is 5.48. The van der Waals surface area contributed by atoms with Gasteiger partial charge in [0.05, 0.1) is 17.8 Å². The smallest absolute Gasteiger partial charge is 0.0985 e. The Hall–Kier alpha value is -1.38. The van der Waals surface area contributed by atoms with E-state index >= 15 is 0 Å². The minimum atomic E-state index is 0.485. The molecular formula is C13H15N3. The van der Waals surface area contributed by atoms with E-state index in [1.807, 2.05) is 0 Å². The lowest BCUT2D eigenvalue weighted by atomic mass is 9.91. The van der Waals surface area contributed by atoms with E-state index in [9.17, 15) is 0 Å². The molecule has 16 heavy (non-hydrogen) atoms. The van der Waals surface area contributed by atoms with Crippen LogP contribution in [0.25, 0.3) is 0 Å². The van der Waals surface area contributed by atoms with Crippen LogP contribution in [0.3, 0.4) is 0 Å². The van der Waals surface area contributed by atoms with Crippen molar-refractivity contribution in [3.63, 3.8) is 0 Å². The Morgan fingerprint density at radius 1 is 1.06 bits per heavy atom. The maximum atomic E-state index is 4.49. The van der Waals surface area contributed by atoms with E-state index in [-0.39, 0.29) is 0 Å². The van der Waals surface area contributed by atoms with Crippen molar-refractivity contribution in [1.82, 2.24) is 0 Å². The predicted octanol–water partition coefficient (Wildman–Crippen LogP) is 3.04. The summed E-state index contributed by atoms with van der Waals surface area (Å²) in [4.78, 5) is 0. The Morgan fingerprint density at radius 3 is 2.75 bits per heavy atom. The van der Waals surface area contributed by atoms with Gasteiger partial charge in [0.2, 0.25) is 0 Å². The van der Waals surface area contributed by atoms with Crippen molar-refractivity contribution < 1.29 is 0 Å². The van der Waals surface area contributed by atoms with Gasteiger partial charge in [0.1, 0.15) is 0 Å². The highest BCUT2D eigenvalue weighted by Gasteiger charge is 2.53. The molecule has 1 aliphatic heterocycles. The van der Waals surface area contributed by atoms with Crippen LogP contribution in [0.15, 0.2) is 40.7 Å². The molecule has 82 valence electrons. The van der Waals surface area contributed by atoms with E-state index in [4.69, 9.17) is 0 Å². The van der Waals surface area contributed by atoms with Crippen molar-refractivity contribution in [2.75, 3.05) is 5.01 Å². The second-order valence-electron chi connectivity index (χ2n) is 5.20. The molecule has 1 aromatic rings. The van der Waals surface area contributed by atoms with Crippen LogP contribution in [-0.4, -0.2) is 12.1 Å². The van der Waals surface area contributed by atoms with Crippen molar-refractivity contribution in [2.24, 2.45) is 22.2 Å². The van der Waals surface area contributed by atoms with Crippen molar-refractivity contribution in [1.29, 1.82) is 0 Å². The number of hydrogen-bond donors (Lipinski definition) is 0. The van der Waals surface area contributed by atoms with Crippen LogP contribution in [0.1, 0.15) is 19.3 Å². The maximum Gasteiger partial charge on any atom is 0.0985 e. The van der Waals surface area contributed by atoms with Gasteiger partial charge in [-0.25, -0.2) is 5.01 Å². The number of rotatable bonds is 1. The highest BCUT2D eigenvalue weighted by Crippen LogP contribution is 2.51. The monoisotopic (exact) mass is 213 g/mol. The summed E-state index contributed by atoms with van der Waals surface area (Å²) >= 11 is 0. The summed E-state index contributed by atoms with van der Waals surface area (Å²) in [5, 5.41) is 11.0. The van der Waals surface area contributed by atoms with E-state index < -0.39 is 0 Å². The van der Waals surface area contributed by atoms with Crippen LogP contribution in [0.4, 0.5) is 5.69 Å². The summed E-state index contributed by atoms with van der Waals surface area (Å²) in [6.07, 6.45) is 4.12. The fourth-order valence-electron chi connectivity index (χ4n) is 3.72. The molecule has 0 unspecified atom stereocenters. The van der Waals surface area contributed by atoms with Gasteiger partial charge in [-0.1, -0.05) is 23.4 Å². The van der Waals surface area contributed by atoms with Crippen molar-refractivity contribution >= 4 is 5.69 Å². The van der Waals surface area contributed by atoms with Crippen LogP contribution in [0, 0.1) is 11.8 Å². The lowest BCUT2D eigenvalue weighted by molar-refractivity contribution is 0.383. The molecule has 0 N–H and O–H groups in total. The lowest BCUT2D eigenvalue weighted by Crippen LogP contribution is -2.39. The van der Waals surface area contributed by atoms with Crippen LogP contribution in [-0.2, 0) is 0 Å². The van der Waals surface area contributed by atoms with Gasteiger partial charge in [0.25, 0.3) is 0 Å². The van der Waals surface area contributed by atoms with Gasteiger partial charge in [-0.2, -0.15) is 5.11 Å². The van der Waals surface area contributed by atoms with Gasteiger partial charge in [-0.05, 0) is 43.2 Å². The molecule has 4 rings (SSSR count). The molecule has 2 saturated carbocycles. The molecule has 1 heterocycles. The molecule has 2 aliphatic carbocycles. The van der Waals surface area contributed by atoms with Crippen molar-refractivity contribution in [3.8, 4) is 0 Å². The first-order valence-corrected chi connectivity index (χ1v) is 6.18. The minimum absolute atomic E-state index is 0.485. The molecule has 0 spiro atoms. The number of nitrogens with zero attached hydrogens (tertiary/aromatic N) is 3. The first-order chi connectivity index (χ1) is 7.93. The molecule has 2 bridgehead atoms. The summed E-state index contributed by atoms with van der Waals surface area (Å²) in [7, 11) is 0. The van der Waals surface area contributed by atoms with E-state index in [1.54, 1.807) is 0 Å². The zero-order valence-corrected chi connectivity index (χ0v) is 9.16. The van der Waals surface area contributed by atoms with Gasteiger partial charge in [-0.3, -0.25) is 0 Å². The Morgan fingerprint density at radius 2 is 1.88 bits per heavy atom. The van der Waals surface area contributed by atoms with Gasteiger partial charge >= 0.3 is 0 Å². The SMILES string of the molecule is c1ccc(N2N=N[C@H]3[C@H]4CC[C@@H](C4)[C@H]32)cc1. The molecule has 3 heteroatoms. The molecule has 0 aromatic heterocycles. The van der Waals surface area contributed by atoms with Crippen LogP contribution < -0.4 is 5.01 Å². The summed E-state index contributed by atoms with van der Waals surface area (Å²) in [5.74, 6) is 1.64. The van der Waals surface area contributed by atoms with Gasteiger partial charge in [0, 0.05) is 0 Å². The molecule has 0 amide bonds. The van der Waals surface area contributed by atoms with Crippen LogP contribution in [0.2, 0.25) is 0 Å². The van der Waals surface area contributed by atoms with E-state index in [1.165, 1.54) is 24.9 Å². The highest BCUT2D eigenvalue weighted by atomic mass is 15.6. The maximum absolute atomic E-state index is 4.49.